The van der Waals surface area contributed by atoms with Crippen LogP contribution in [0.25, 0.3) is 0 Å². The van der Waals surface area contributed by atoms with E-state index in [1.54, 1.807) is 0 Å². The molecule has 1 nitrogen and oxygen atoms in total. The summed E-state index contributed by atoms with van der Waals surface area (Å²) in [6.07, 6.45) is 3.66. The summed E-state index contributed by atoms with van der Waals surface area (Å²) in [5.41, 5.74) is 1.40. The van der Waals surface area contributed by atoms with E-state index in [0.717, 1.165) is 5.69 Å². The molecule has 0 aliphatic heterocycles. The van der Waals surface area contributed by atoms with Gasteiger partial charge in [-0.25, -0.2) is 0 Å². The van der Waals surface area contributed by atoms with Gasteiger partial charge in [0.25, 0.3) is 0 Å². The second-order valence-corrected chi connectivity index (χ2v) is 6.13. The van der Waals surface area contributed by atoms with Crippen LogP contribution in [0.4, 0.5) is 5.69 Å². The predicted octanol–water partition coefficient (Wildman–Crippen LogP) is 4.98. The molecule has 88 valence electrons. The number of halogens is 2. The first-order valence-electron chi connectivity index (χ1n) is 5.68. The molecule has 1 aliphatic carbocycles. The maximum Gasteiger partial charge on any atom is 0.0823 e. The maximum absolute atomic E-state index is 6.15. The molecule has 0 spiro atoms. The lowest BCUT2D eigenvalue weighted by Gasteiger charge is -2.19. The lowest BCUT2D eigenvalue weighted by Crippen LogP contribution is -2.17. The van der Waals surface area contributed by atoms with Crippen LogP contribution in [0, 0.1) is 5.41 Å². The van der Waals surface area contributed by atoms with E-state index in [4.69, 9.17) is 23.2 Å². The van der Waals surface area contributed by atoms with Gasteiger partial charge in [-0.15, -0.1) is 0 Å². The minimum atomic E-state index is 0.447. The van der Waals surface area contributed by atoms with Crippen molar-refractivity contribution >= 4 is 28.9 Å². The van der Waals surface area contributed by atoms with Gasteiger partial charge >= 0.3 is 0 Å². The quantitative estimate of drug-likeness (QED) is 0.788. The van der Waals surface area contributed by atoms with Gasteiger partial charge in [0, 0.05) is 6.04 Å². The summed E-state index contributed by atoms with van der Waals surface area (Å²) in [5, 5.41) is 4.74. The van der Waals surface area contributed by atoms with Gasteiger partial charge in [0.15, 0.2) is 0 Å². The number of benzene rings is 1. The van der Waals surface area contributed by atoms with Crippen LogP contribution in [0.5, 0.6) is 0 Å². The third-order valence-electron chi connectivity index (χ3n) is 3.28. The Labute approximate surface area is 107 Å². The lowest BCUT2D eigenvalue weighted by molar-refractivity contribution is 0.378. The first-order chi connectivity index (χ1) is 7.48. The molecule has 0 saturated heterocycles. The number of hydrogen-bond acceptors (Lipinski definition) is 1. The Kier molecular flexibility index (Phi) is 3.37. The first-order valence-corrected chi connectivity index (χ1v) is 6.44. The summed E-state index contributed by atoms with van der Waals surface area (Å²) in [4.78, 5) is 0. The normalized spacial score (nSPS) is 23.4. The monoisotopic (exact) mass is 257 g/mol. The van der Waals surface area contributed by atoms with E-state index in [2.05, 4.69) is 19.2 Å². The number of anilines is 1. The summed E-state index contributed by atoms with van der Waals surface area (Å²) in [6, 6.07) is 6.25. The molecule has 1 aliphatic rings. The summed E-state index contributed by atoms with van der Waals surface area (Å²) >= 11 is 12.1. The van der Waals surface area contributed by atoms with Crippen molar-refractivity contribution in [1.29, 1.82) is 0 Å². The highest BCUT2D eigenvalue weighted by Gasteiger charge is 2.30. The van der Waals surface area contributed by atoms with Crippen molar-refractivity contribution in [1.82, 2.24) is 0 Å². The van der Waals surface area contributed by atoms with E-state index in [1.807, 2.05) is 18.2 Å². The van der Waals surface area contributed by atoms with Crippen molar-refractivity contribution in [2.75, 3.05) is 5.32 Å². The van der Waals surface area contributed by atoms with Crippen molar-refractivity contribution in [2.45, 2.75) is 39.2 Å². The van der Waals surface area contributed by atoms with Crippen LogP contribution >= 0.6 is 23.2 Å². The zero-order chi connectivity index (χ0) is 11.8. The van der Waals surface area contributed by atoms with Crippen LogP contribution in [0.1, 0.15) is 33.1 Å². The van der Waals surface area contributed by atoms with E-state index in [-0.39, 0.29) is 0 Å². The number of hydrogen-bond donors (Lipinski definition) is 1. The molecule has 0 amide bonds. The fraction of sp³-hybridized carbons (Fsp3) is 0.538. The Morgan fingerprint density at radius 3 is 2.69 bits per heavy atom. The summed E-state index contributed by atoms with van der Waals surface area (Å²) < 4.78 is 0. The minimum absolute atomic E-state index is 0.447. The van der Waals surface area contributed by atoms with Crippen molar-refractivity contribution in [2.24, 2.45) is 5.41 Å². The van der Waals surface area contributed by atoms with E-state index < -0.39 is 0 Å². The van der Waals surface area contributed by atoms with Crippen LogP contribution in [-0.4, -0.2) is 6.04 Å². The fourth-order valence-electron chi connectivity index (χ4n) is 2.39. The molecule has 1 unspecified atom stereocenters. The second kappa shape index (κ2) is 4.46. The summed E-state index contributed by atoms with van der Waals surface area (Å²) in [6.45, 7) is 4.63. The Morgan fingerprint density at radius 1 is 1.31 bits per heavy atom. The summed E-state index contributed by atoms with van der Waals surface area (Å²) in [5.74, 6) is 0. The molecule has 16 heavy (non-hydrogen) atoms. The predicted molar refractivity (Wildman–Crippen MR) is 71.5 cm³/mol. The number of nitrogens with one attached hydrogen (secondary N) is 1. The SMILES string of the molecule is CC1(C)CCC(Nc2cccc(Cl)c2Cl)C1. The van der Waals surface area contributed by atoms with Crippen molar-refractivity contribution in [3.05, 3.63) is 28.2 Å². The Balaban J connectivity index is 2.08. The standard InChI is InChI=1S/C13H17Cl2N/c1-13(2)7-6-9(8-13)16-11-5-3-4-10(14)12(11)15/h3-5,9,16H,6-8H2,1-2H3. The molecule has 0 aromatic heterocycles. The largest absolute Gasteiger partial charge is 0.381 e. The van der Waals surface area contributed by atoms with Gasteiger partial charge in [-0.2, -0.15) is 0 Å². The average molecular weight is 258 g/mol. The third-order valence-corrected chi connectivity index (χ3v) is 4.10. The maximum atomic E-state index is 6.15. The molecular weight excluding hydrogens is 241 g/mol. The van der Waals surface area contributed by atoms with Crippen LogP contribution in [0.15, 0.2) is 18.2 Å². The summed E-state index contributed by atoms with van der Waals surface area (Å²) in [7, 11) is 0. The molecule has 0 radical (unpaired) electrons. The molecule has 0 bridgehead atoms. The molecule has 1 aromatic rings. The number of rotatable bonds is 2. The zero-order valence-electron chi connectivity index (χ0n) is 9.69. The Bertz CT molecular complexity index is 388. The van der Waals surface area contributed by atoms with Crippen LogP contribution in [0.3, 0.4) is 0 Å². The molecule has 2 rings (SSSR count). The van der Waals surface area contributed by atoms with Gasteiger partial charge < -0.3 is 5.32 Å². The average Bonchev–Trinajstić information content (AvgIpc) is 2.53. The highest BCUT2D eigenvalue weighted by atomic mass is 35.5. The van der Waals surface area contributed by atoms with Crippen molar-refractivity contribution in [3.8, 4) is 0 Å². The molecule has 1 fully saturated rings. The highest BCUT2D eigenvalue weighted by Crippen LogP contribution is 2.39. The van der Waals surface area contributed by atoms with Gasteiger partial charge in [-0.1, -0.05) is 43.1 Å². The molecule has 3 heteroatoms. The topological polar surface area (TPSA) is 12.0 Å². The molecular formula is C13H17Cl2N. The van der Waals surface area contributed by atoms with Gasteiger partial charge in [0.1, 0.15) is 0 Å². The van der Waals surface area contributed by atoms with E-state index in [1.165, 1.54) is 19.3 Å². The Hall–Kier alpha value is -0.400. The van der Waals surface area contributed by atoms with E-state index in [0.29, 0.717) is 21.5 Å². The van der Waals surface area contributed by atoms with Crippen LogP contribution in [-0.2, 0) is 0 Å². The second-order valence-electron chi connectivity index (χ2n) is 5.35. The Morgan fingerprint density at radius 2 is 2.06 bits per heavy atom. The van der Waals surface area contributed by atoms with E-state index >= 15 is 0 Å². The van der Waals surface area contributed by atoms with E-state index in [9.17, 15) is 0 Å². The van der Waals surface area contributed by atoms with Crippen molar-refractivity contribution in [3.63, 3.8) is 0 Å². The third kappa shape index (κ3) is 2.64. The molecule has 1 atom stereocenters. The molecule has 1 N–H and O–H groups in total. The van der Waals surface area contributed by atoms with Gasteiger partial charge in [-0.05, 0) is 36.8 Å². The van der Waals surface area contributed by atoms with Gasteiger partial charge in [0.2, 0.25) is 0 Å². The highest BCUT2D eigenvalue weighted by molar-refractivity contribution is 6.43. The van der Waals surface area contributed by atoms with Crippen molar-refractivity contribution < 1.29 is 0 Å². The first kappa shape index (κ1) is 12.1. The van der Waals surface area contributed by atoms with Gasteiger partial charge in [-0.3, -0.25) is 0 Å². The molecule has 0 heterocycles. The smallest absolute Gasteiger partial charge is 0.0823 e. The van der Waals surface area contributed by atoms with Gasteiger partial charge in [0.05, 0.1) is 15.7 Å². The zero-order valence-corrected chi connectivity index (χ0v) is 11.2. The minimum Gasteiger partial charge on any atom is -0.381 e. The molecule has 1 aromatic carbocycles. The lowest BCUT2D eigenvalue weighted by atomic mass is 9.92. The fourth-order valence-corrected chi connectivity index (χ4v) is 2.75. The molecule has 1 saturated carbocycles. The van der Waals surface area contributed by atoms with Crippen LogP contribution < -0.4 is 5.32 Å². The van der Waals surface area contributed by atoms with Crippen LogP contribution in [0.2, 0.25) is 10.0 Å².